The number of aliphatic hydroxyl groups is 6. The number of nitrogens with one attached hydrogen (secondary N) is 1. The summed E-state index contributed by atoms with van der Waals surface area (Å²) in [6.45, 7) is 3.54. The number of amides is 1. The average molecular weight is 714 g/mol. The Morgan fingerprint density at radius 1 is 0.680 bits per heavy atom. The molecule has 0 bridgehead atoms. The lowest BCUT2D eigenvalue weighted by Gasteiger charge is -2.40. The molecular weight excluding hydrogens is 638 g/mol. The van der Waals surface area contributed by atoms with E-state index in [4.69, 9.17) is 9.47 Å². The van der Waals surface area contributed by atoms with Gasteiger partial charge < -0.3 is 45.4 Å². The van der Waals surface area contributed by atoms with Gasteiger partial charge in [0.1, 0.15) is 30.5 Å². The van der Waals surface area contributed by atoms with Crippen molar-refractivity contribution in [2.45, 2.75) is 210 Å². The maximum absolute atomic E-state index is 12.9. The van der Waals surface area contributed by atoms with Gasteiger partial charge in [0, 0.05) is 0 Å². The third-order valence-electron chi connectivity index (χ3n) is 9.64. The minimum absolute atomic E-state index is 0.306. The minimum Gasteiger partial charge on any atom is -0.394 e. The Hall–Kier alpha value is -1.37. The monoisotopic (exact) mass is 714 g/mol. The van der Waals surface area contributed by atoms with Crippen molar-refractivity contribution in [2.75, 3.05) is 13.2 Å². The second-order valence-electron chi connectivity index (χ2n) is 14.2. The summed E-state index contributed by atoms with van der Waals surface area (Å²) < 4.78 is 11.1. The Bertz CT molecular complexity index is 855. The van der Waals surface area contributed by atoms with Crippen LogP contribution >= 0.6 is 0 Å². The lowest BCUT2D eigenvalue weighted by Crippen LogP contribution is -2.60. The van der Waals surface area contributed by atoms with Crippen LogP contribution in [0.5, 0.6) is 0 Å². The number of rotatable bonds is 32. The van der Waals surface area contributed by atoms with Crippen LogP contribution in [0, 0.1) is 0 Å². The van der Waals surface area contributed by atoms with Gasteiger partial charge in [-0.15, -0.1) is 0 Å². The Balaban J connectivity index is 2.54. The van der Waals surface area contributed by atoms with Gasteiger partial charge in [0.15, 0.2) is 6.29 Å². The van der Waals surface area contributed by atoms with E-state index in [1.54, 1.807) is 6.08 Å². The van der Waals surface area contributed by atoms with Crippen LogP contribution in [0.25, 0.3) is 0 Å². The quantitative estimate of drug-likeness (QED) is 0.0320. The van der Waals surface area contributed by atoms with E-state index in [1.807, 2.05) is 6.08 Å². The van der Waals surface area contributed by atoms with Crippen LogP contribution in [0.1, 0.15) is 162 Å². The first-order valence-corrected chi connectivity index (χ1v) is 20.2. The van der Waals surface area contributed by atoms with Gasteiger partial charge in [0.05, 0.1) is 25.4 Å². The molecule has 1 heterocycles. The van der Waals surface area contributed by atoms with Crippen LogP contribution in [-0.2, 0) is 14.3 Å². The number of carbonyl (C=O) groups excluding carboxylic acids is 1. The van der Waals surface area contributed by atoms with E-state index in [1.165, 1.54) is 96.3 Å². The van der Waals surface area contributed by atoms with Crippen LogP contribution in [-0.4, -0.2) is 98.7 Å². The lowest BCUT2D eigenvalue weighted by molar-refractivity contribution is -0.302. The zero-order valence-corrected chi connectivity index (χ0v) is 31.5. The zero-order valence-electron chi connectivity index (χ0n) is 31.5. The highest BCUT2D eigenvalue weighted by Gasteiger charge is 2.44. The summed E-state index contributed by atoms with van der Waals surface area (Å²) in [6.07, 6.45) is 24.1. The molecule has 0 radical (unpaired) electrons. The molecule has 294 valence electrons. The molecule has 50 heavy (non-hydrogen) atoms. The average Bonchev–Trinajstić information content (AvgIpc) is 3.11. The molecule has 1 fully saturated rings. The van der Waals surface area contributed by atoms with Crippen molar-refractivity contribution in [3.63, 3.8) is 0 Å². The fourth-order valence-corrected chi connectivity index (χ4v) is 6.24. The summed E-state index contributed by atoms with van der Waals surface area (Å²) in [4.78, 5) is 12.9. The molecule has 0 aromatic rings. The zero-order chi connectivity index (χ0) is 36.8. The van der Waals surface area contributed by atoms with Crippen molar-refractivity contribution in [1.82, 2.24) is 5.32 Å². The van der Waals surface area contributed by atoms with Crippen molar-refractivity contribution in [3.8, 4) is 0 Å². The summed E-state index contributed by atoms with van der Waals surface area (Å²) in [6, 6.07) is -0.990. The number of aliphatic hydroxyl groups excluding tert-OH is 6. The van der Waals surface area contributed by atoms with Crippen LogP contribution in [0.4, 0.5) is 0 Å². The minimum atomic E-state index is -1.61. The first-order valence-electron chi connectivity index (χ1n) is 20.2. The third kappa shape index (κ3) is 21.9. The first-order chi connectivity index (χ1) is 24.3. The molecule has 0 saturated carbocycles. The van der Waals surface area contributed by atoms with Gasteiger partial charge in [-0.05, 0) is 32.1 Å². The number of ether oxygens (including phenoxy) is 2. The van der Waals surface area contributed by atoms with Gasteiger partial charge in [-0.25, -0.2) is 0 Å². The van der Waals surface area contributed by atoms with Gasteiger partial charge in [-0.3, -0.25) is 4.79 Å². The van der Waals surface area contributed by atoms with E-state index >= 15 is 0 Å². The smallest absolute Gasteiger partial charge is 0.249 e. The fourth-order valence-electron chi connectivity index (χ4n) is 6.24. The van der Waals surface area contributed by atoms with E-state index < -0.39 is 61.5 Å². The maximum Gasteiger partial charge on any atom is 0.249 e. The molecule has 7 N–H and O–H groups in total. The van der Waals surface area contributed by atoms with E-state index in [9.17, 15) is 35.4 Å². The lowest BCUT2D eigenvalue weighted by atomic mass is 9.99. The Morgan fingerprint density at radius 2 is 1.18 bits per heavy atom. The molecule has 8 atom stereocenters. The van der Waals surface area contributed by atoms with Crippen molar-refractivity contribution < 1.29 is 44.9 Å². The second kappa shape index (κ2) is 31.2. The molecular formula is C40H75NO9. The summed E-state index contributed by atoms with van der Waals surface area (Å²) in [5, 5.41) is 64.3. The Morgan fingerprint density at radius 3 is 1.74 bits per heavy atom. The molecule has 0 spiro atoms. The SMILES string of the molecule is CCCCCCCCC/C=C\CC/C=C/[C@H](O)[C@H](CO[C@@H]1O[C@H](CO)[C@@H](O)[C@H](O)[C@H]1O)NC(=O)[C@@H](O)CCCCCCCCCCCCCC. The van der Waals surface area contributed by atoms with Crippen LogP contribution < -0.4 is 5.32 Å². The molecule has 1 saturated heterocycles. The number of hydrogen-bond donors (Lipinski definition) is 7. The topological polar surface area (TPSA) is 169 Å². The van der Waals surface area contributed by atoms with Crippen molar-refractivity contribution >= 4 is 5.91 Å². The van der Waals surface area contributed by atoms with Gasteiger partial charge in [0.2, 0.25) is 5.91 Å². The van der Waals surface area contributed by atoms with Crippen LogP contribution in [0.2, 0.25) is 0 Å². The summed E-state index contributed by atoms with van der Waals surface area (Å²) >= 11 is 0. The van der Waals surface area contributed by atoms with Crippen molar-refractivity contribution in [2.24, 2.45) is 0 Å². The molecule has 1 rings (SSSR count). The standard InChI is InChI=1S/C40H75NO9/c1-3-5-7-9-11-13-15-17-19-20-22-24-26-28-33(43)32(31-49-40-38(47)37(46)36(45)35(30-42)50-40)41-39(48)34(44)29-27-25-23-21-18-16-14-12-10-8-6-4-2/h19-20,26,28,32-38,40,42-47H,3-18,21-25,27,29-31H2,1-2H3,(H,41,48)/b20-19-,28-26+/t32-,33-,34-,35+,36+,37-,38+,40+/m0/s1. The van der Waals surface area contributed by atoms with Gasteiger partial charge in [0.25, 0.3) is 0 Å². The molecule has 0 aromatic carbocycles. The van der Waals surface area contributed by atoms with Crippen LogP contribution in [0.15, 0.2) is 24.3 Å². The van der Waals surface area contributed by atoms with Crippen molar-refractivity contribution in [3.05, 3.63) is 24.3 Å². The number of carbonyl (C=O) groups is 1. The second-order valence-corrected chi connectivity index (χ2v) is 14.2. The van der Waals surface area contributed by atoms with E-state index in [0.717, 1.165) is 32.1 Å². The highest BCUT2D eigenvalue weighted by atomic mass is 16.7. The third-order valence-corrected chi connectivity index (χ3v) is 9.64. The molecule has 10 nitrogen and oxygen atoms in total. The molecule has 10 heteroatoms. The summed E-state index contributed by atoms with van der Waals surface area (Å²) in [5.41, 5.74) is 0. The highest BCUT2D eigenvalue weighted by Crippen LogP contribution is 2.22. The van der Waals surface area contributed by atoms with E-state index in [-0.39, 0.29) is 6.61 Å². The fraction of sp³-hybridized carbons (Fsp3) is 0.875. The van der Waals surface area contributed by atoms with Gasteiger partial charge >= 0.3 is 0 Å². The molecule has 0 unspecified atom stereocenters. The van der Waals surface area contributed by atoms with E-state index in [2.05, 4.69) is 31.3 Å². The van der Waals surface area contributed by atoms with Gasteiger partial charge in [-0.1, -0.05) is 154 Å². The molecule has 1 aliphatic rings. The largest absolute Gasteiger partial charge is 0.394 e. The predicted octanol–water partition coefficient (Wildman–Crippen LogP) is 6.13. The first kappa shape index (κ1) is 46.7. The summed E-state index contributed by atoms with van der Waals surface area (Å²) in [5.74, 6) is -0.628. The predicted molar refractivity (Wildman–Crippen MR) is 199 cm³/mol. The van der Waals surface area contributed by atoms with Gasteiger partial charge in [-0.2, -0.15) is 0 Å². The molecule has 1 amide bonds. The molecule has 0 aliphatic carbocycles. The Labute approximate surface area is 303 Å². The van der Waals surface area contributed by atoms with Crippen LogP contribution in [0.3, 0.4) is 0 Å². The number of allylic oxidation sites excluding steroid dienone is 3. The maximum atomic E-state index is 12.9. The van der Waals surface area contributed by atoms with Crippen molar-refractivity contribution in [1.29, 1.82) is 0 Å². The number of hydrogen-bond acceptors (Lipinski definition) is 9. The summed E-state index contributed by atoms with van der Waals surface area (Å²) in [7, 11) is 0. The highest BCUT2D eigenvalue weighted by molar-refractivity contribution is 5.80. The number of unbranched alkanes of at least 4 members (excludes halogenated alkanes) is 19. The normalized spacial score (nSPS) is 23.1. The Kier molecular flexibility index (Phi) is 29.1. The van der Waals surface area contributed by atoms with E-state index in [0.29, 0.717) is 19.3 Å². The molecule has 0 aromatic heterocycles. The molecule has 1 aliphatic heterocycles.